The first kappa shape index (κ1) is 14.5. The van der Waals surface area contributed by atoms with Crippen LogP contribution in [0.2, 0.25) is 0 Å². The first-order valence-electron chi connectivity index (χ1n) is 6.17. The smallest absolute Gasteiger partial charge is 0.187 e. The summed E-state index contributed by atoms with van der Waals surface area (Å²) >= 11 is 1.15. The van der Waals surface area contributed by atoms with Crippen molar-refractivity contribution >= 4 is 32.2 Å². The van der Waals surface area contributed by atoms with Crippen molar-refractivity contribution in [3.8, 4) is 0 Å². The van der Waals surface area contributed by atoms with Gasteiger partial charge >= 0.3 is 0 Å². The number of methoxy groups -OCH3 is 1. The Morgan fingerprint density at radius 2 is 2.21 bits per heavy atom. The lowest BCUT2D eigenvalue weighted by Gasteiger charge is -2.18. The Morgan fingerprint density at radius 1 is 1.53 bits per heavy atom. The van der Waals surface area contributed by atoms with Crippen LogP contribution in [0.15, 0.2) is 4.90 Å². The average Bonchev–Trinajstić information content (AvgIpc) is 3.13. The Morgan fingerprint density at radius 3 is 2.79 bits per heavy atom. The highest BCUT2D eigenvalue weighted by molar-refractivity contribution is 7.92. The van der Waals surface area contributed by atoms with E-state index in [9.17, 15) is 8.42 Å². The van der Waals surface area contributed by atoms with Crippen LogP contribution >= 0.6 is 11.5 Å². The van der Waals surface area contributed by atoms with E-state index >= 15 is 0 Å². The van der Waals surface area contributed by atoms with Gasteiger partial charge in [-0.25, -0.2) is 8.42 Å². The minimum Gasteiger partial charge on any atom is -0.385 e. The topological polar surface area (TPSA) is 85.5 Å². The molecule has 1 aromatic heterocycles. The summed E-state index contributed by atoms with van der Waals surface area (Å²) in [6.07, 6.45) is 2.28. The molecule has 0 saturated heterocycles. The number of nitrogens with two attached hydrogens (primary N) is 1. The summed E-state index contributed by atoms with van der Waals surface area (Å²) < 4.78 is 33.7. The molecule has 0 unspecified atom stereocenters. The Labute approximate surface area is 117 Å². The molecule has 0 radical (unpaired) electrons. The van der Waals surface area contributed by atoms with Gasteiger partial charge in [0.2, 0.25) is 0 Å². The first-order chi connectivity index (χ1) is 8.98. The van der Waals surface area contributed by atoms with Crippen LogP contribution in [0.5, 0.6) is 0 Å². The molecule has 0 spiro atoms. The molecule has 1 saturated carbocycles. The molecule has 0 aliphatic heterocycles. The highest BCUT2D eigenvalue weighted by atomic mass is 32.2. The SMILES string of the molecule is COCCCN(C)c1snc(N)c1S(=O)(=O)C1CC1. The highest BCUT2D eigenvalue weighted by Gasteiger charge is 2.41. The second kappa shape index (κ2) is 5.64. The zero-order chi connectivity index (χ0) is 14.0. The molecule has 1 fully saturated rings. The molecule has 1 heterocycles. The molecule has 6 nitrogen and oxygen atoms in total. The number of rotatable bonds is 7. The van der Waals surface area contributed by atoms with Crippen molar-refractivity contribution in [3.63, 3.8) is 0 Å². The van der Waals surface area contributed by atoms with Gasteiger partial charge in [0.05, 0.1) is 5.25 Å². The zero-order valence-electron chi connectivity index (χ0n) is 11.1. The number of hydrogen-bond donors (Lipinski definition) is 1. The number of anilines is 2. The third-order valence-corrected chi connectivity index (χ3v) is 6.52. The van der Waals surface area contributed by atoms with Crippen LogP contribution in [0, 0.1) is 0 Å². The third kappa shape index (κ3) is 3.01. The second-order valence-electron chi connectivity index (χ2n) is 4.71. The van der Waals surface area contributed by atoms with E-state index in [0.717, 1.165) is 30.8 Å². The summed E-state index contributed by atoms with van der Waals surface area (Å²) in [5, 5.41) is 0.373. The van der Waals surface area contributed by atoms with Crippen LogP contribution in [-0.4, -0.2) is 45.4 Å². The van der Waals surface area contributed by atoms with E-state index < -0.39 is 9.84 Å². The van der Waals surface area contributed by atoms with E-state index in [-0.39, 0.29) is 16.0 Å². The minimum absolute atomic E-state index is 0.130. The van der Waals surface area contributed by atoms with E-state index in [1.54, 1.807) is 7.11 Å². The molecule has 0 aromatic carbocycles. The van der Waals surface area contributed by atoms with Crippen LogP contribution < -0.4 is 10.6 Å². The third-order valence-electron chi connectivity index (χ3n) is 3.09. The fraction of sp³-hybridized carbons (Fsp3) is 0.727. The van der Waals surface area contributed by atoms with Crippen molar-refractivity contribution in [2.75, 3.05) is 37.9 Å². The summed E-state index contributed by atoms with van der Waals surface area (Å²) in [7, 11) is 0.193. The van der Waals surface area contributed by atoms with E-state index in [0.29, 0.717) is 18.2 Å². The number of nitrogens with zero attached hydrogens (tertiary/aromatic N) is 2. The predicted octanol–water partition coefficient (Wildman–Crippen LogP) is 1.13. The summed E-state index contributed by atoms with van der Waals surface area (Å²) in [5.41, 5.74) is 5.75. The van der Waals surface area contributed by atoms with Crippen molar-refractivity contribution in [3.05, 3.63) is 0 Å². The molecule has 19 heavy (non-hydrogen) atoms. The predicted molar refractivity (Wildman–Crippen MR) is 76.5 cm³/mol. The van der Waals surface area contributed by atoms with Crippen molar-refractivity contribution in [1.82, 2.24) is 4.37 Å². The van der Waals surface area contributed by atoms with Gasteiger partial charge in [-0.3, -0.25) is 0 Å². The van der Waals surface area contributed by atoms with Gasteiger partial charge in [-0.2, -0.15) is 4.37 Å². The van der Waals surface area contributed by atoms with E-state index in [1.165, 1.54) is 0 Å². The van der Waals surface area contributed by atoms with Gasteiger partial charge in [0, 0.05) is 27.3 Å². The van der Waals surface area contributed by atoms with Crippen LogP contribution in [-0.2, 0) is 14.6 Å². The Bertz CT molecular complexity index is 537. The van der Waals surface area contributed by atoms with Gasteiger partial charge < -0.3 is 15.4 Å². The maximum Gasteiger partial charge on any atom is 0.187 e. The van der Waals surface area contributed by atoms with Gasteiger partial charge in [-0.15, -0.1) is 0 Å². The molecule has 1 aliphatic carbocycles. The molecule has 1 aliphatic rings. The van der Waals surface area contributed by atoms with Crippen LogP contribution in [0.25, 0.3) is 0 Å². The minimum atomic E-state index is -3.31. The molecular formula is C11H19N3O3S2. The monoisotopic (exact) mass is 305 g/mol. The molecule has 0 amide bonds. The van der Waals surface area contributed by atoms with Gasteiger partial charge in [0.15, 0.2) is 15.7 Å². The number of nitrogen functional groups attached to an aromatic ring is 1. The molecule has 8 heteroatoms. The molecule has 2 rings (SSSR count). The lowest BCUT2D eigenvalue weighted by molar-refractivity contribution is 0.196. The lowest BCUT2D eigenvalue weighted by atomic mass is 10.4. The number of sulfone groups is 1. The highest BCUT2D eigenvalue weighted by Crippen LogP contribution is 2.42. The summed E-state index contributed by atoms with van der Waals surface area (Å²) in [6.45, 7) is 1.35. The van der Waals surface area contributed by atoms with E-state index in [1.807, 2.05) is 11.9 Å². The quantitative estimate of drug-likeness (QED) is 0.760. The number of hydrogen-bond acceptors (Lipinski definition) is 7. The van der Waals surface area contributed by atoms with Crippen molar-refractivity contribution in [2.24, 2.45) is 0 Å². The lowest BCUT2D eigenvalue weighted by Crippen LogP contribution is -2.21. The maximum atomic E-state index is 12.4. The molecular weight excluding hydrogens is 286 g/mol. The molecule has 108 valence electrons. The van der Waals surface area contributed by atoms with E-state index in [2.05, 4.69) is 4.37 Å². The van der Waals surface area contributed by atoms with Crippen molar-refractivity contribution in [2.45, 2.75) is 29.4 Å². The summed E-state index contributed by atoms with van der Waals surface area (Å²) in [4.78, 5) is 2.11. The summed E-state index contributed by atoms with van der Waals surface area (Å²) in [6, 6.07) is 0. The number of ether oxygens (including phenoxy) is 1. The van der Waals surface area contributed by atoms with Gasteiger partial charge in [0.25, 0.3) is 0 Å². The molecule has 0 bridgehead atoms. The van der Waals surface area contributed by atoms with Crippen LogP contribution in [0.1, 0.15) is 19.3 Å². The first-order valence-corrected chi connectivity index (χ1v) is 8.49. The average molecular weight is 305 g/mol. The fourth-order valence-electron chi connectivity index (χ4n) is 1.89. The molecule has 1 aromatic rings. The second-order valence-corrected chi connectivity index (χ2v) is 7.63. The van der Waals surface area contributed by atoms with Gasteiger partial charge in [0.1, 0.15) is 9.90 Å². The van der Waals surface area contributed by atoms with Crippen LogP contribution in [0.3, 0.4) is 0 Å². The summed E-state index contributed by atoms with van der Waals surface area (Å²) in [5.74, 6) is 0.130. The normalized spacial score (nSPS) is 15.7. The van der Waals surface area contributed by atoms with Crippen molar-refractivity contribution in [1.29, 1.82) is 0 Å². The van der Waals surface area contributed by atoms with Gasteiger partial charge in [-0.05, 0) is 30.8 Å². The Hall–Kier alpha value is -0.860. The van der Waals surface area contributed by atoms with Gasteiger partial charge in [-0.1, -0.05) is 0 Å². The largest absolute Gasteiger partial charge is 0.385 e. The van der Waals surface area contributed by atoms with Crippen molar-refractivity contribution < 1.29 is 13.2 Å². The van der Waals surface area contributed by atoms with Crippen LogP contribution in [0.4, 0.5) is 10.8 Å². The maximum absolute atomic E-state index is 12.4. The Kier molecular flexibility index (Phi) is 4.32. The van der Waals surface area contributed by atoms with E-state index in [4.69, 9.17) is 10.5 Å². The molecule has 2 N–H and O–H groups in total. The fourth-order valence-corrected chi connectivity index (χ4v) is 4.93. The number of aromatic nitrogens is 1. The zero-order valence-corrected chi connectivity index (χ0v) is 12.8. The molecule has 0 atom stereocenters. The Balaban J connectivity index is 2.22. The standard InChI is InChI=1S/C11H19N3O3S2/c1-14(6-3-7-17-2)11-9(10(12)13-18-11)19(15,16)8-4-5-8/h8H,3-7H2,1-2H3,(H2,12,13).